The second-order valence-electron chi connectivity index (χ2n) is 5.63. The Balaban J connectivity index is 0.00000264. The lowest BCUT2D eigenvalue weighted by molar-refractivity contribution is -0.120. The molecule has 130 valence electrons. The van der Waals surface area contributed by atoms with Crippen molar-refractivity contribution in [3.05, 3.63) is 18.0 Å². The zero-order valence-corrected chi connectivity index (χ0v) is 16.4. The number of likely N-dealkylation sites (tertiary alicyclic amines) is 1. The van der Waals surface area contributed by atoms with Crippen molar-refractivity contribution in [2.75, 3.05) is 33.2 Å². The predicted octanol–water partition coefficient (Wildman–Crippen LogP) is 0.929. The molecule has 2 heterocycles. The Labute approximate surface area is 154 Å². The van der Waals surface area contributed by atoms with Crippen LogP contribution < -0.4 is 10.6 Å². The van der Waals surface area contributed by atoms with E-state index in [9.17, 15) is 4.79 Å². The van der Waals surface area contributed by atoms with Gasteiger partial charge in [-0.3, -0.25) is 14.5 Å². The molecule has 8 heteroatoms. The molecule has 0 spiro atoms. The molecule has 1 unspecified atom stereocenters. The van der Waals surface area contributed by atoms with E-state index in [4.69, 9.17) is 0 Å². The van der Waals surface area contributed by atoms with Crippen molar-refractivity contribution in [2.24, 2.45) is 12.0 Å². The summed E-state index contributed by atoms with van der Waals surface area (Å²) in [5.41, 5.74) is 1.26. The second kappa shape index (κ2) is 9.74. The fraction of sp³-hybridized carbons (Fsp3) is 0.667. The summed E-state index contributed by atoms with van der Waals surface area (Å²) in [7, 11) is 3.69. The first-order chi connectivity index (χ1) is 10.6. The SMILES string of the molecule is CCCNC(=O)CNC(=NC)N1CCC(c2cnn(C)c2)C1.I. The standard InChI is InChI=1S/C15H26N6O.HI/c1-4-6-17-14(22)9-18-15(16-2)21-7-5-12(11-21)13-8-19-20(3)10-13;/h8,10,12H,4-7,9,11H2,1-3H3,(H,16,18)(H,17,22);1H. The van der Waals surface area contributed by atoms with Gasteiger partial charge < -0.3 is 15.5 Å². The molecule has 1 fully saturated rings. The number of carbonyl (C=O) groups excluding carboxylic acids is 1. The van der Waals surface area contributed by atoms with Crippen LogP contribution in [0.5, 0.6) is 0 Å². The highest BCUT2D eigenvalue weighted by molar-refractivity contribution is 14.0. The minimum Gasteiger partial charge on any atom is -0.355 e. The topological polar surface area (TPSA) is 74.6 Å². The summed E-state index contributed by atoms with van der Waals surface area (Å²) in [6, 6.07) is 0. The van der Waals surface area contributed by atoms with Gasteiger partial charge in [0.2, 0.25) is 5.91 Å². The van der Waals surface area contributed by atoms with Crippen molar-refractivity contribution in [3.63, 3.8) is 0 Å². The van der Waals surface area contributed by atoms with Gasteiger partial charge in [0.15, 0.2) is 5.96 Å². The van der Waals surface area contributed by atoms with Crippen LogP contribution in [-0.2, 0) is 11.8 Å². The van der Waals surface area contributed by atoms with Gasteiger partial charge in [-0.15, -0.1) is 24.0 Å². The Bertz CT molecular complexity index is 530. The molecule has 0 bridgehead atoms. The number of guanidine groups is 1. The van der Waals surface area contributed by atoms with Gasteiger partial charge in [-0.25, -0.2) is 0 Å². The highest BCUT2D eigenvalue weighted by Crippen LogP contribution is 2.26. The lowest BCUT2D eigenvalue weighted by Gasteiger charge is -2.21. The van der Waals surface area contributed by atoms with Crippen LogP contribution in [0.1, 0.15) is 31.2 Å². The molecule has 1 aromatic rings. The van der Waals surface area contributed by atoms with E-state index in [1.807, 2.05) is 24.9 Å². The highest BCUT2D eigenvalue weighted by atomic mass is 127. The first kappa shape index (κ1) is 19.7. The maximum Gasteiger partial charge on any atom is 0.239 e. The third kappa shape index (κ3) is 5.67. The Hall–Kier alpha value is -1.32. The van der Waals surface area contributed by atoms with E-state index in [0.717, 1.165) is 31.9 Å². The number of halogens is 1. The van der Waals surface area contributed by atoms with Crippen molar-refractivity contribution < 1.29 is 4.79 Å². The molecular formula is C15H27IN6O. The van der Waals surface area contributed by atoms with Gasteiger partial charge in [0.05, 0.1) is 12.7 Å². The van der Waals surface area contributed by atoms with E-state index in [1.54, 1.807) is 7.05 Å². The number of nitrogens with one attached hydrogen (secondary N) is 2. The molecule has 2 N–H and O–H groups in total. The Morgan fingerprint density at radius 3 is 2.87 bits per heavy atom. The van der Waals surface area contributed by atoms with E-state index < -0.39 is 0 Å². The Kier molecular flexibility index (Phi) is 8.35. The van der Waals surface area contributed by atoms with Crippen molar-refractivity contribution in [2.45, 2.75) is 25.7 Å². The number of rotatable bonds is 5. The fourth-order valence-corrected chi connectivity index (χ4v) is 2.69. The monoisotopic (exact) mass is 434 g/mol. The molecule has 0 saturated carbocycles. The number of nitrogens with zero attached hydrogens (tertiary/aromatic N) is 4. The van der Waals surface area contributed by atoms with Crippen molar-refractivity contribution in [1.82, 2.24) is 25.3 Å². The molecule has 1 aliphatic rings. The number of hydrogen-bond acceptors (Lipinski definition) is 3. The molecule has 0 radical (unpaired) electrons. The number of aryl methyl sites for hydroxylation is 1. The van der Waals surface area contributed by atoms with Crippen LogP contribution in [0.15, 0.2) is 17.4 Å². The van der Waals surface area contributed by atoms with Crippen LogP contribution in [0.3, 0.4) is 0 Å². The molecule has 1 amide bonds. The van der Waals surface area contributed by atoms with Gasteiger partial charge in [0.1, 0.15) is 0 Å². The van der Waals surface area contributed by atoms with Crippen LogP contribution in [-0.4, -0.2) is 59.8 Å². The number of amides is 1. The van der Waals surface area contributed by atoms with E-state index in [2.05, 4.69) is 31.8 Å². The van der Waals surface area contributed by atoms with Gasteiger partial charge in [-0.1, -0.05) is 6.92 Å². The van der Waals surface area contributed by atoms with Crippen LogP contribution >= 0.6 is 24.0 Å². The summed E-state index contributed by atoms with van der Waals surface area (Å²) < 4.78 is 1.84. The Morgan fingerprint density at radius 2 is 2.26 bits per heavy atom. The smallest absolute Gasteiger partial charge is 0.239 e. The first-order valence-corrected chi connectivity index (χ1v) is 7.84. The van der Waals surface area contributed by atoms with Gasteiger partial charge in [-0.2, -0.15) is 5.10 Å². The quantitative estimate of drug-likeness (QED) is 0.411. The maximum atomic E-state index is 11.7. The van der Waals surface area contributed by atoms with Crippen LogP contribution in [0.4, 0.5) is 0 Å². The zero-order valence-electron chi connectivity index (χ0n) is 14.1. The summed E-state index contributed by atoms with van der Waals surface area (Å²) >= 11 is 0. The molecule has 0 aliphatic carbocycles. The molecule has 7 nitrogen and oxygen atoms in total. The lowest BCUT2D eigenvalue weighted by atomic mass is 10.0. The minimum absolute atomic E-state index is 0. The van der Waals surface area contributed by atoms with Gasteiger partial charge in [-0.05, 0) is 18.4 Å². The molecule has 2 rings (SSSR count). The van der Waals surface area contributed by atoms with Gasteiger partial charge in [0.25, 0.3) is 0 Å². The third-order valence-electron chi connectivity index (χ3n) is 3.88. The summed E-state index contributed by atoms with van der Waals surface area (Å²) in [6.45, 7) is 4.86. The predicted molar refractivity (Wildman–Crippen MR) is 102 cm³/mol. The van der Waals surface area contributed by atoms with Gasteiger partial charge >= 0.3 is 0 Å². The average Bonchev–Trinajstić information content (AvgIpc) is 3.15. The van der Waals surface area contributed by atoms with E-state index in [1.165, 1.54) is 5.56 Å². The zero-order chi connectivity index (χ0) is 15.9. The third-order valence-corrected chi connectivity index (χ3v) is 3.88. The van der Waals surface area contributed by atoms with Crippen molar-refractivity contribution in [1.29, 1.82) is 0 Å². The molecule has 1 aromatic heterocycles. The summed E-state index contributed by atoms with van der Waals surface area (Å²) in [4.78, 5) is 18.2. The van der Waals surface area contributed by atoms with Crippen molar-refractivity contribution >= 4 is 35.8 Å². The number of carbonyl (C=O) groups is 1. The summed E-state index contributed by atoms with van der Waals surface area (Å²) in [6.07, 6.45) is 6.03. The highest BCUT2D eigenvalue weighted by Gasteiger charge is 2.26. The second-order valence-corrected chi connectivity index (χ2v) is 5.63. The van der Waals surface area contributed by atoms with E-state index >= 15 is 0 Å². The van der Waals surface area contributed by atoms with Crippen LogP contribution in [0, 0.1) is 0 Å². The fourth-order valence-electron chi connectivity index (χ4n) is 2.69. The molecule has 1 atom stereocenters. The number of aliphatic imine (C=N–C) groups is 1. The van der Waals surface area contributed by atoms with E-state index in [0.29, 0.717) is 12.5 Å². The van der Waals surface area contributed by atoms with Crippen molar-refractivity contribution in [3.8, 4) is 0 Å². The lowest BCUT2D eigenvalue weighted by Crippen LogP contribution is -2.44. The molecule has 23 heavy (non-hydrogen) atoms. The van der Waals surface area contributed by atoms with Crippen LogP contribution in [0.25, 0.3) is 0 Å². The van der Waals surface area contributed by atoms with E-state index in [-0.39, 0.29) is 36.4 Å². The summed E-state index contributed by atoms with van der Waals surface area (Å²) in [5.74, 6) is 1.27. The largest absolute Gasteiger partial charge is 0.355 e. The molecule has 1 aliphatic heterocycles. The van der Waals surface area contributed by atoms with Crippen LogP contribution in [0.2, 0.25) is 0 Å². The normalized spacial score (nSPS) is 17.8. The maximum absolute atomic E-state index is 11.7. The first-order valence-electron chi connectivity index (χ1n) is 7.84. The number of aromatic nitrogens is 2. The Morgan fingerprint density at radius 1 is 1.48 bits per heavy atom. The molecular weight excluding hydrogens is 407 g/mol. The molecule has 1 saturated heterocycles. The minimum atomic E-state index is 0. The number of hydrogen-bond donors (Lipinski definition) is 2. The summed E-state index contributed by atoms with van der Waals surface area (Å²) in [5, 5.41) is 10.2. The molecule has 0 aromatic carbocycles. The van der Waals surface area contributed by atoms with Gasteiger partial charge in [0, 0.05) is 45.8 Å². The average molecular weight is 434 g/mol.